The van der Waals surface area contributed by atoms with E-state index in [4.69, 9.17) is 0 Å². The van der Waals surface area contributed by atoms with Gasteiger partial charge in [0.2, 0.25) is 11.0 Å². The van der Waals surface area contributed by atoms with E-state index in [9.17, 15) is 4.79 Å². The van der Waals surface area contributed by atoms with E-state index in [0.717, 1.165) is 20.1 Å². The number of nitrogens with zero attached hydrogens (tertiary/aromatic N) is 2. The third-order valence-corrected chi connectivity index (χ3v) is 5.77. The van der Waals surface area contributed by atoms with E-state index in [0.29, 0.717) is 17.5 Å². The van der Waals surface area contributed by atoms with Gasteiger partial charge in [-0.1, -0.05) is 37.3 Å². The lowest BCUT2D eigenvalue weighted by Crippen LogP contribution is -2.11. The van der Waals surface area contributed by atoms with Gasteiger partial charge in [0.25, 0.3) is 0 Å². The largest absolute Gasteiger partial charge is 0.301 e. The standard InChI is InChI=1S/C14H16BrN3OS2/c1-9(2)13-17-18-14(21-13)16-12(19)7-8-20-11-6-4-3-5-10(11)15/h3-6,9H,7-8H2,1-2H3,(H,16,18,19). The predicted molar refractivity (Wildman–Crippen MR) is 92.1 cm³/mol. The molecule has 0 radical (unpaired) electrons. The number of hydrogen-bond acceptors (Lipinski definition) is 5. The zero-order valence-electron chi connectivity index (χ0n) is 11.8. The van der Waals surface area contributed by atoms with Gasteiger partial charge < -0.3 is 5.32 Å². The minimum absolute atomic E-state index is 0.0268. The van der Waals surface area contributed by atoms with Gasteiger partial charge in [0.05, 0.1) is 0 Å². The molecule has 2 rings (SSSR count). The van der Waals surface area contributed by atoms with Crippen molar-refractivity contribution in [2.24, 2.45) is 0 Å². The molecule has 1 N–H and O–H groups in total. The Morgan fingerprint density at radius 3 is 2.81 bits per heavy atom. The molecule has 0 bridgehead atoms. The molecule has 0 fully saturated rings. The summed E-state index contributed by atoms with van der Waals surface area (Å²) in [6.45, 7) is 4.11. The van der Waals surface area contributed by atoms with Gasteiger partial charge in [0.1, 0.15) is 5.01 Å². The molecule has 1 aromatic heterocycles. The van der Waals surface area contributed by atoms with Crippen LogP contribution in [0.3, 0.4) is 0 Å². The number of nitrogens with one attached hydrogen (secondary N) is 1. The van der Waals surface area contributed by atoms with Gasteiger partial charge in [0, 0.05) is 27.5 Å². The first-order valence-corrected chi connectivity index (χ1v) is 9.16. The number of benzene rings is 1. The van der Waals surface area contributed by atoms with Crippen molar-refractivity contribution < 1.29 is 4.79 Å². The Morgan fingerprint density at radius 2 is 2.14 bits per heavy atom. The van der Waals surface area contributed by atoms with Crippen molar-refractivity contribution in [2.45, 2.75) is 31.1 Å². The first-order valence-electron chi connectivity index (χ1n) is 6.57. The normalized spacial score (nSPS) is 10.9. The van der Waals surface area contributed by atoms with Crippen LogP contribution in [0.15, 0.2) is 33.6 Å². The van der Waals surface area contributed by atoms with Crippen molar-refractivity contribution in [3.05, 3.63) is 33.7 Å². The molecule has 2 aromatic rings. The number of hydrogen-bond donors (Lipinski definition) is 1. The smallest absolute Gasteiger partial charge is 0.227 e. The molecule has 112 valence electrons. The highest BCUT2D eigenvalue weighted by Crippen LogP contribution is 2.27. The van der Waals surface area contributed by atoms with Crippen LogP contribution in [0, 0.1) is 0 Å². The fourth-order valence-corrected chi connectivity index (χ4v) is 3.79. The molecule has 0 unspecified atom stereocenters. The first kappa shape index (κ1) is 16.5. The molecule has 4 nitrogen and oxygen atoms in total. The minimum atomic E-state index is -0.0268. The maximum atomic E-state index is 11.9. The van der Waals surface area contributed by atoms with E-state index in [1.807, 2.05) is 24.3 Å². The molecule has 7 heteroatoms. The molecule has 1 heterocycles. The van der Waals surface area contributed by atoms with Crippen molar-refractivity contribution in [3.63, 3.8) is 0 Å². The highest BCUT2D eigenvalue weighted by molar-refractivity contribution is 9.10. The molecule has 21 heavy (non-hydrogen) atoms. The van der Waals surface area contributed by atoms with Crippen LogP contribution >= 0.6 is 39.0 Å². The predicted octanol–water partition coefficient (Wildman–Crippen LogP) is 4.54. The summed E-state index contributed by atoms with van der Waals surface area (Å²) < 4.78 is 1.06. The van der Waals surface area contributed by atoms with Crippen molar-refractivity contribution in [3.8, 4) is 0 Å². The average molecular weight is 386 g/mol. The third-order valence-electron chi connectivity index (χ3n) is 2.60. The molecular formula is C14H16BrN3OS2. The molecule has 1 aromatic carbocycles. The Labute approximate surface area is 140 Å². The van der Waals surface area contributed by atoms with Crippen LogP contribution in [0.2, 0.25) is 0 Å². The average Bonchev–Trinajstić information content (AvgIpc) is 2.89. The molecule has 0 aliphatic carbocycles. The zero-order valence-corrected chi connectivity index (χ0v) is 15.0. The summed E-state index contributed by atoms with van der Waals surface area (Å²) in [5.41, 5.74) is 0. The molecular weight excluding hydrogens is 370 g/mol. The fourth-order valence-electron chi connectivity index (χ4n) is 1.52. The minimum Gasteiger partial charge on any atom is -0.301 e. The summed E-state index contributed by atoms with van der Waals surface area (Å²) in [5, 5.41) is 12.3. The highest BCUT2D eigenvalue weighted by atomic mass is 79.9. The van der Waals surface area contributed by atoms with Crippen molar-refractivity contribution in [2.75, 3.05) is 11.1 Å². The molecule has 0 saturated heterocycles. The van der Waals surface area contributed by atoms with E-state index in [2.05, 4.69) is 45.3 Å². The fraction of sp³-hybridized carbons (Fsp3) is 0.357. The second-order valence-electron chi connectivity index (χ2n) is 4.68. The van der Waals surface area contributed by atoms with E-state index in [-0.39, 0.29) is 5.91 Å². The lowest BCUT2D eigenvalue weighted by molar-refractivity contribution is -0.115. The van der Waals surface area contributed by atoms with Crippen LogP contribution in [0.1, 0.15) is 31.2 Å². The number of anilines is 1. The highest BCUT2D eigenvalue weighted by Gasteiger charge is 2.10. The Hall–Kier alpha value is -0.920. The Balaban J connectivity index is 1.78. The zero-order chi connectivity index (χ0) is 15.2. The van der Waals surface area contributed by atoms with Crippen molar-refractivity contribution in [1.82, 2.24) is 10.2 Å². The number of rotatable bonds is 6. The van der Waals surface area contributed by atoms with E-state index < -0.39 is 0 Å². The molecule has 0 aliphatic heterocycles. The second-order valence-corrected chi connectivity index (χ2v) is 7.68. The van der Waals surface area contributed by atoms with E-state index in [1.54, 1.807) is 11.8 Å². The lowest BCUT2D eigenvalue weighted by Gasteiger charge is -2.04. The van der Waals surface area contributed by atoms with Crippen molar-refractivity contribution in [1.29, 1.82) is 0 Å². The number of carbonyl (C=O) groups is 1. The summed E-state index contributed by atoms with van der Waals surface area (Å²) in [6, 6.07) is 7.99. The summed E-state index contributed by atoms with van der Waals surface area (Å²) in [4.78, 5) is 13.0. The van der Waals surface area contributed by atoms with Gasteiger partial charge in [-0.05, 0) is 28.1 Å². The maximum absolute atomic E-state index is 11.9. The summed E-state index contributed by atoms with van der Waals surface area (Å²) in [5.74, 6) is 1.03. The van der Waals surface area contributed by atoms with Crippen LogP contribution in [-0.4, -0.2) is 21.9 Å². The van der Waals surface area contributed by atoms with Gasteiger partial charge in [-0.15, -0.1) is 22.0 Å². The Morgan fingerprint density at radius 1 is 1.38 bits per heavy atom. The maximum Gasteiger partial charge on any atom is 0.227 e. The Kier molecular flexibility index (Phi) is 6.20. The van der Waals surface area contributed by atoms with Gasteiger partial charge in [-0.2, -0.15) is 0 Å². The topological polar surface area (TPSA) is 54.9 Å². The van der Waals surface area contributed by atoms with Crippen LogP contribution in [0.25, 0.3) is 0 Å². The van der Waals surface area contributed by atoms with Crippen LogP contribution in [0.4, 0.5) is 5.13 Å². The van der Waals surface area contributed by atoms with Crippen molar-refractivity contribution >= 4 is 50.1 Å². The van der Waals surface area contributed by atoms with E-state index >= 15 is 0 Å². The van der Waals surface area contributed by atoms with Crippen LogP contribution in [0.5, 0.6) is 0 Å². The summed E-state index contributed by atoms with van der Waals surface area (Å²) >= 11 is 6.58. The SMILES string of the molecule is CC(C)c1nnc(NC(=O)CCSc2ccccc2Br)s1. The third kappa shape index (κ3) is 5.09. The first-order chi connectivity index (χ1) is 10.1. The van der Waals surface area contributed by atoms with Gasteiger partial charge in [-0.3, -0.25) is 4.79 Å². The molecule has 0 aliphatic rings. The van der Waals surface area contributed by atoms with Crippen LogP contribution < -0.4 is 5.32 Å². The van der Waals surface area contributed by atoms with Gasteiger partial charge in [0.15, 0.2) is 0 Å². The lowest BCUT2D eigenvalue weighted by atomic mass is 10.2. The monoisotopic (exact) mass is 385 g/mol. The molecule has 0 atom stereocenters. The summed E-state index contributed by atoms with van der Waals surface area (Å²) in [7, 11) is 0. The Bertz CT molecular complexity index is 616. The van der Waals surface area contributed by atoms with Gasteiger partial charge in [-0.25, -0.2) is 0 Å². The number of amides is 1. The number of carbonyl (C=O) groups excluding carboxylic acids is 1. The quantitative estimate of drug-likeness (QED) is 0.741. The molecule has 1 amide bonds. The molecule has 0 spiro atoms. The van der Waals surface area contributed by atoms with Crippen LogP contribution in [-0.2, 0) is 4.79 Å². The second kappa shape index (κ2) is 7.91. The summed E-state index contributed by atoms with van der Waals surface area (Å²) in [6.07, 6.45) is 0.447. The van der Waals surface area contributed by atoms with Gasteiger partial charge >= 0.3 is 0 Å². The number of thioether (sulfide) groups is 1. The number of halogens is 1. The molecule has 0 saturated carbocycles. The number of aromatic nitrogens is 2. The van der Waals surface area contributed by atoms with E-state index in [1.165, 1.54) is 11.3 Å².